The van der Waals surface area contributed by atoms with Gasteiger partial charge in [0, 0.05) is 5.92 Å². The fourth-order valence-corrected chi connectivity index (χ4v) is 10.5. The van der Waals surface area contributed by atoms with E-state index in [1.165, 1.54) is 0 Å². The summed E-state index contributed by atoms with van der Waals surface area (Å²) < 4.78 is -1.36. The molecule has 19 heavy (non-hydrogen) atoms. The maximum absolute atomic E-state index is 10.6. The first-order chi connectivity index (χ1) is 8.66. The summed E-state index contributed by atoms with van der Waals surface area (Å²) in [5.74, 6) is 0.170. The standard InChI is InChI=1S/C12H10Cl6O/c13-8-9(14)6-2-1-3(7(6)19)4-5(2)11(9,16)12(17,18)10(4,8)15/h2-8,19H,1H2/t2?,3?,4?,5?,6?,7-,8-,9?,10?,11?/m0/s1. The molecule has 106 valence electrons. The molecule has 10 atom stereocenters. The number of fused-ring (bicyclic) bond motifs is 5. The third kappa shape index (κ3) is 0.821. The molecule has 0 amide bonds. The van der Waals surface area contributed by atoms with Gasteiger partial charge in [0.15, 0.2) is 4.33 Å². The molecule has 0 spiro atoms. The van der Waals surface area contributed by atoms with E-state index in [1.807, 2.05) is 0 Å². The van der Waals surface area contributed by atoms with E-state index in [4.69, 9.17) is 69.6 Å². The van der Waals surface area contributed by atoms with E-state index >= 15 is 0 Å². The van der Waals surface area contributed by atoms with E-state index in [9.17, 15) is 5.11 Å². The lowest BCUT2D eigenvalue weighted by Gasteiger charge is -2.41. The Morgan fingerprint density at radius 3 is 2.11 bits per heavy atom. The molecular weight excluding hydrogens is 373 g/mol. The lowest BCUT2D eigenvalue weighted by atomic mass is 9.76. The summed E-state index contributed by atoms with van der Waals surface area (Å²) in [7, 11) is 0. The van der Waals surface area contributed by atoms with Crippen molar-refractivity contribution in [2.24, 2.45) is 29.6 Å². The zero-order valence-corrected chi connectivity index (χ0v) is 14.0. The van der Waals surface area contributed by atoms with Gasteiger partial charge in [-0.2, -0.15) is 0 Å². The summed E-state index contributed by atoms with van der Waals surface area (Å²) in [6, 6.07) is 0. The van der Waals surface area contributed by atoms with Crippen LogP contribution in [-0.4, -0.2) is 35.5 Å². The van der Waals surface area contributed by atoms with Crippen LogP contribution in [-0.2, 0) is 0 Å². The molecule has 5 aliphatic rings. The fourth-order valence-electron chi connectivity index (χ4n) is 6.48. The number of rotatable bonds is 0. The smallest absolute Gasteiger partial charge is 0.160 e. The van der Waals surface area contributed by atoms with Crippen molar-refractivity contribution in [3.63, 3.8) is 0 Å². The highest BCUT2D eigenvalue weighted by Gasteiger charge is 3.00. The quantitative estimate of drug-likeness (QED) is 0.635. The molecule has 1 nitrogen and oxygen atoms in total. The van der Waals surface area contributed by atoms with Crippen LogP contribution >= 0.6 is 69.6 Å². The summed E-state index contributed by atoms with van der Waals surface area (Å²) in [4.78, 5) is -3.14. The van der Waals surface area contributed by atoms with Crippen LogP contribution in [0.5, 0.6) is 0 Å². The van der Waals surface area contributed by atoms with Crippen LogP contribution in [0.25, 0.3) is 0 Å². The van der Waals surface area contributed by atoms with Gasteiger partial charge in [-0.05, 0) is 30.1 Å². The van der Waals surface area contributed by atoms with Gasteiger partial charge in [-0.25, -0.2) is 0 Å². The minimum atomic E-state index is -1.36. The molecule has 5 aliphatic carbocycles. The summed E-state index contributed by atoms with van der Waals surface area (Å²) in [6.45, 7) is 0. The third-order valence-corrected chi connectivity index (χ3v) is 11.8. The summed E-state index contributed by atoms with van der Waals surface area (Å²) in [5.41, 5.74) is 0. The minimum Gasteiger partial charge on any atom is -0.392 e. The molecule has 0 aromatic carbocycles. The molecule has 4 bridgehead atoms. The van der Waals surface area contributed by atoms with Crippen LogP contribution in [0.3, 0.4) is 0 Å². The van der Waals surface area contributed by atoms with Gasteiger partial charge in [0.2, 0.25) is 0 Å². The molecule has 5 fully saturated rings. The van der Waals surface area contributed by atoms with Gasteiger partial charge >= 0.3 is 0 Å². The Balaban J connectivity index is 1.93. The first-order valence-corrected chi connectivity index (χ1v) is 8.76. The monoisotopic (exact) mass is 380 g/mol. The van der Waals surface area contributed by atoms with Crippen molar-refractivity contribution >= 4 is 69.6 Å². The van der Waals surface area contributed by atoms with Gasteiger partial charge in [-0.1, -0.05) is 23.2 Å². The Kier molecular flexibility index (Phi) is 2.10. The molecule has 0 heterocycles. The summed E-state index contributed by atoms with van der Waals surface area (Å²) in [5, 5.41) is 9.93. The summed E-state index contributed by atoms with van der Waals surface area (Å²) in [6.07, 6.45) is 0.419. The zero-order valence-electron chi connectivity index (χ0n) is 9.46. The maximum atomic E-state index is 10.6. The van der Waals surface area contributed by atoms with Crippen molar-refractivity contribution in [2.45, 2.75) is 36.9 Å². The Bertz CT molecular complexity index is 526. The largest absolute Gasteiger partial charge is 0.392 e. The van der Waals surface area contributed by atoms with Crippen molar-refractivity contribution in [3.05, 3.63) is 0 Å². The molecule has 5 rings (SSSR count). The van der Waals surface area contributed by atoms with Crippen LogP contribution in [0.4, 0.5) is 0 Å². The van der Waals surface area contributed by atoms with E-state index in [2.05, 4.69) is 0 Å². The molecular formula is C12H10Cl6O. The second-order valence-electron chi connectivity index (χ2n) is 6.82. The Morgan fingerprint density at radius 2 is 1.47 bits per heavy atom. The Hall–Kier alpha value is 1.70. The number of aliphatic hydroxyl groups is 1. The molecule has 0 aromatic rings. The lowest BCUT2D eigenvalue weighted by Crippen LogP contribution is -2.54. The molecule has 0 aromatic heterocycles. The highest BCUT2D eigenvalue weighted by atomic mass is 35.5. The number of aliphatic hydroxyl groups excluding tert-OH is 1. The van der Waals surface area contributed by atoms with E-state index in [0.717, 1.165) is 6.42 Å². The predicted octanol–water partition coefficient (Wildman–Crippen LogP) is 3.60. The molecule has 8 unspecified atom stereocenters. The Labute approximate surface area is 140 Å². The van der Waals surface area contributed by atoms with E-state index in [0.29, 0.717) is 0 Å². The highest BCUT2D eigenvalue weighted by molar-refractivity contribution is 6.63. The first-order valence-electron chi connectivity index (χ1n) is 6.43. The normalized spacial score (nSPS) is 77.5. The fraction of sp³-hybridized carbons (Fsp3) is 1.00. The van der Waals surface area contributed by atoms with Crippen molar-refractivity contribution in [2.75, 3.05) is 0 Å². The molecule has 7 heteroatoms. The SMILES string of the molecule is O[C@H]1C2CC3C1C1(Cl)[C@H](Cl)C4(Cl)C2C3C1(Cl)C4(Cl)Cl. The molecule has 0 saturated heterocycles. The number of halogens is 6. The molecule has 5 saturated carbocycles. The van der Waals surface area contributed by atoms with Gasteiger partial charge in [-0.15, -0.1) is 46.4 Å². The maximum Gasteiger partial charge on any atom is 0.160 e. The van der Waals surface area contributed by atoms with Crippen molar-refractivity contribution in [1.29, 1.82) is 0 Å². The van der Waals surface area contributed by atoms with E-state index < -0.39 is 30.4 Å². The summed E-state index contributed by atoms with van der Waals surface area (Å²) >= 11 is 40.5. The van der Waals surface area contributed by atoms with E-state index in [-0.39, 0.29) is 29.6 Å². The molecule has 1 N–H and O–H groups in total. The van der Waals surface area contributed by atoms with Gasteiger partial charge < -0.3 is 5.11 Å². The second-order valence-corrected chi connectivity index (χ2v) is 10.4. The van der Waals surface area contributed by atoms with E-state index in [1.54, 1.807) is 0 Å². The lowest BCUT2D eigenvalue weighted by molar-refractivity contribution is 0.0369. The van der Waals surface area contributed by atoms with Crippen molar-refractivity contribution in [3.8, 4) is 0 Å². The minimum absolute atomic E-state index is 0.0465. The number of alkyl halides is 6. The van der Waals surface area contributed by atoms with Crippen LogP contribution in [0.2, 0.25) is 0 Å². The van der Waals surface area contributed by atoms with Crippen molar-refractivity contribution in [1.82, 2.24) is 0 Å². The average molecular weight is 383 g/mol. The molecule has 0 radical (unpaired) electrons. The van der Waals surface area contributed by atoms with Crippen molar-refractivity contribution < 1.29 is 5.11 Å². The average Bonchev–Trinajstić information content (AvgIpc) is 2.95. The number of hydrogen-bond donors (Lipinski definition) is 1. The number of hydrogen-bond acceptors (Lipinski definition) is 1. The highest BCUT2D eigenvalue weighted by Crippen LogP contribution is 2.91. The topological polar surface area (TPSA) is 20.2 Å². The second kappa shape index (κ2) is 3.03. The van der Waals surface area contributed by atoms with Gasteiger partial charge in [-0.3, -0.25) is 0 Å². The third-order valence-electron chi connectivity index (χ3n) is 6.78. The van der Waals surface area contributed by atoms with Gasteiger partial charge in [0.25, 0.3) is 0 Å². The van der Waals surface area contributed by atoms with Crippen LogP contribution in [0.15, 0.2) is 0 Å². The van der Waals surface area contributed by atoms with Crippen LogP contribution in [0, 0.1) is 29.6 Å². The Morgan fingerprint density at radius 1 is 0.842 bits per heavy atom. The zero-order chi connectivity index (χ0) is 13.7. The van der Waals surface area contributed by atoms with Gasteiger partial charge in [0.1, 0.15) is 9.75 Å². The van der Waals surface area contributed by atoms with Crippen LogP contribution in [0.1, 0.15) is 6.42 Å². The first kappa shape index (κ1) is 13.2. The van der Waals surface area contributed by atoms with Gasteiger partial charge in [0.05, 0.1) is 16.4 Å². The molecule has 0 aliphatic heterocycles. The van der Waals surface area contributed by atoms with Crippen LogP contribution < -0.4 is 0 Å². The predicted molar refractivity (Wildman–Crippen MR) is 77.9 cm³/mol.